The number of fused-ring (bicyclic) bond motifs is 1. The molecule has 0 aromatic carbocycles. The molecule has 13 heavy (non-hydrogen) atoms. The van der Waals surface area contributed by atoms with E-state index in [-0.39, 0.29) is 0 Å². The minimum atomic E-state index is -1.04. The fourth-order valence-electron chi connectivity index (χ4n) is 1.53. The lowest BCUT2D eigenvalue weighted by Crippen LogP contribution is -2.26. The molecule has 0 bridgehead atoms. The molecule has 0 spiro atoms. The van der Waals surface area contributed by atoms with E-state index in [4.69, 9.17) is 0 Å². The molecule has 1 aromatic heterocycles. The minimum Gasteiger partial charge on any atom is -0.291 e. The molecule has 4 nitrogen and oxygen atoms in total. The van der Waals surface area contributed by atoms with Crippen LogP contribution in [0.4, 0.5) is 5.69 Å². The summed E-state index contributed by atoms with van der Waals surface area (Å²) in [6.07, 6.45) is 3.20. The smallest absolute Gasteiger partial charge is 0.131 e. The zero-order valence-electron chi connectivity index (χ0n) is 7.81. The zero-order chi connectivity index (χ0) is 9.64. The Morgan fingerprint density at radius 3 is 2.85 bits per heavy atom. The Hall–Kier alpha value is -0.970. The molecule has 2 heterocycles. The van der Waals surface area contributed by atoms with Gasteiger partial charge in [-0.25, -0.2) is 14.2 Å². The second kappa shape index (κ2) is 2.51. The molecule has 2 rings (SSSR count). The Labute approximate surface area is 79.6 Å². The standard InChI is InChI=1S/C8H11N3OS/c1-8(2)7-6(4-9-5-10-7)11(3)13(8)12/h4-5H,1-3H3. The molecule has 0 saturated carbocycles. The van der Waals surface area contributed by atoms with Crippen LogP contribution in [0.5, 0.6) is 0 Å². The highest BCUT2D eigenvalue weighted by Crippen LogP contribution is 2.40. The number of anilines is 1. The summed E-state index contributed by atoms with van der Waals surface area (Å²) >= 11 is 0. The maximum atomic E-state index is 11.9. The molecule has 1 aliphatic rings. The third-order valence-corrected chi connectivity index (χ3v) is 4.05. The van der Waals surface area contributed by atoms with Gasteiger partial charge in [-0.15, -0.1) is 0 Å². The number of aromatic nitrogens is 2. The molecule has 1 unspecified atom stereocenters. The van der Waals surface area contributed by atoms with Gasteiger partial charge < -0.3 is 0 Å². The Kier molecular flexibility index (Phi) is 1.66. The van der Waals surface area contributed by atoms with Crippen LogP contribution in [0.2, 0.25) is 0 Å². The van der Waals surface area contributed by atoms with Crippen molar-refractivity contribution in [1.29, 1.82) is 0 Å². The van der Waals surface area contributed by atoms with Gasteiger partial charge in [-0.3, -0.25) is 4.31 Å². The molecule has 70 valence electrons. The van der Waals surface area contributed by atoms with Crippen LogP contribution in [0.15, 0.2) is 12.5 Å². The van der Waals surface area contributed by atoms with Crippen LogP contribution >= 0.6 is 0 Å². The lowest BCUT2D eigenvalue weighted by atomic mass is 10.1. The lowest BCUT2D eigenvalue weighted by molar-refractivity contribution is 0.645. The van der Waals surface area contributed by atoms with Crippen molar-refractivity contribution < 1.29 is 4.21 Å². The predicted molar refractivity (Wildman–Crippen MR) is 51.6 cm³/mol. The highest BCUT2D eigenvalue weighted by Gasteiger charge is 2.42. The van der Waals surface area contributed by atoms with Gasteiger partial charge in [-0.2, -0.15) is 0 Å². The number of hydrogen-bond acceptors (Lipinski definition) is 3. The highest BCUT2D eigenvalue weighted by molar-refractivity contribution is 7.87. The van der Waals surface area contributed by atoms with E-state index in [1.807, 2.05) is 13.8 Å². The zero-order valence-corrected chi connectivity index (χ0v) is 8.63. The fraction of sp³-hybridized carbons (Fsp3) is 0.500. The van der Waals surface area contributed by atoms with Crippen LogP contribution in [0.25, 0.3) is 0 Å². The van der Waals surface area contributed by atoms with Gasteiger partial charge in [-0.05, 0) is 13.8 Å². The lowest BCUT2D eigenvalue weighted by Gasteiger charge is -2.16. The third kappa shape index (κ3) is 0.997. The molecule has 1 aromatic rings. The van der Waals surface area contributed by atoms with Gasteiger partial charge in [0, 0.05) is 7.05 Å². The normalized spacial score (nSPS) is 24.5. The molecular formula is C8H11N3OS. The first-order valence-electron chi connectivity index (χ1n) is 4.01. The quantitative estimate of drug-likeness (QED) is 0.618. The van der Waals surface area contributed by atoms with Gasteiger partial charge >= 0.3 is 0 Å². The highest BCUT2D eigenvalue weighted by atomic mass is 32.2. The molecule has 5 heteroatoms. The van der Waals surface area contributed by atoms with Crippen LogP contribution in [-0.4, -0.2) is 21.2 Å². The molecular weight excluding hydrogens is 186 g/mol. The van der Waals surface area contributed by atoms with E-state index in [0.717, 1.165) is 11.4 Å². The van der Waals surface area contributed by atoms with Crippen molar-refractivity contribution in [2.45, 2.75) is 18.6 Å². The summed E-state index contributed by atoms with van der Waals surface area (Å²) in [7, 11) is 0.755. The van der Waals surface area contributed by atoms with E-state index in [0.29, 0.717) is 0 Å². The second-order valence-electron chi connectivity index (χ2n) is 3.51. The summed E-state index contributed by atoms with van der Waals surface area (Å²) < 4.78 is 13.2. The Morgan fingerprint density at radius 1 is 1.54 bits per heavy atom. The first-order chi connectivity index (χ1) is 6.05. The van der Waals surface area contributed by atoms with E-state index in [2.05, 4.69) is 9.97 Å². The maximum Gasteiger partial charge on any atom is 0.131 e. The largest absolute Gasteiger partial charge is 0.291 e. The Bertz CT molecular complexity index is 377. The Balaban J connectivity index is 2.68. The van der Waals surface area contributed by atoms with E-state index >= 15 is 0 Å². The molecule has 0 aliphatic carbocycles. The van der Waals surface area contributed by atoms with Crippen LogP contribution in [0, 0.1) is 0 Å². The SMILES string of the molecule is CN1c2cncnc2C(C)(C)S1=O. The van der Waals surface area contributed by atoms with Gasteiger partial charge in [0.1, 0.15) is 22.1 Å². The van der Waals surface area contributed by atoms with Crippen molar-refractivity contribution in [2.24, 2.45) is 0 Å². The van der Waals surface area contributed by atoms with Crippen LogP contribution in [-0.2, 0) is 15.7 Å². The monoisotopic (exact) mass is 197 g/mol. The van der Waals surface area contributed by atoms with Gasteiger partial charge in [0.05, 0.1) is 17.6 Å². The van der Waals surface area contributed by atoms with Crippen molar-refractivity contribution in [3.63, 3.8) is 0 Å². The minimum absolute atomic E-state index is 0.396. The second-order valence-corrected chi connectivity index (χ2v) is 5.58. The molecule has 0 N–H and O–H groups in total. The third-order valence-electron chi connectivity index (χ3n) is 2.29. The van der Waals surface area contributed by atoms with E-state index in [9.17, 15) is 4.21 Å². The molecule has 1 aliphatic heterocycles. The van der Waals surface area contributed by atoms with Crippen LogP contribution in [0.3, 0.4) is 0 Å². The van der Waals surface area contributed by atoms with Crippen molar-refractivity contribution in [3.05, 3.63) is 18.2 Å². The summed E-state index contributed by atoms with van der Waals surface area (Å²) in [5, 5.41) is 0. The average molecular weight is 197 g/mol. The molecule has 0 radical (unpaired) electrons. The number of rotatable bonds is 0. The van der Waals surface area contributed by atoms with Crippen LogP contribution in [0.1, 0.15) is 19.5 Å². The van der Waals surface area contributed by atoms with E-state index in [1.165, 1.54) is 6.33 Å². The molecule has 1 atom stereocenters. The predicted octanol–water partition coefficient (Wildman–Crippen LogP) is 0.825. The van der Waals surface area contributed by atoms with Gasteiger partial charge in [0.2, 0.25) is 0 Å². The van der Waals surface area contributed by atoms with Crippen molar-refractivity contribution in [1.82, 2.24) is 9.97 Å². The summed E-state index contributed by atoms with van der Waals surface area (Å²) in [6, 6.07) is 0. The van der Waals surface area contributed by atoms with Crippen LogP contribution < -0.4 is 4.31 Å². The summed E-state index contributed by atoms with van der Waals surface area (Å²) in [5.74, 6) is 0. The van der Waals surface area contributed by atoms with Gasteiger partial charge in [0.15, 0.2) is 0 Å². The Morgan fingerprint density at radius 2 is 2.23 bits per heavy atom. The van der Waals surface area contributed by atoms with E-state index < -0.39 is 15.7 Å². The summed E-state index contributed by atoms with van der Waals surface area (Å²) in [5.41, 5.74) is 1.73. The number of hydrogen-bond donors (Lipinski definition) is 0. The van der Waals surface area contributed by atoms with E-state index in [1.54, 1.807) is 17.5 Å². The maximum absolute atomic E-state index is 11.9. The number of nitrogens with zero attached hydrogens (tertiary/aromatic N) is 3. The summed E-state index contributed by atoms with van der Waals surface area (Å²) in [4.78, 5) is 8.09. The molecule has 0 saturated heterocycles. The van der Waals surface area contributed by atoms with Gasteiger partial charge in [-0.1, -0.05) is 0 Å². The van der Waals surface area contributed by atoms with Crippen molar-refractivity contribution >= 4 is 16.7 Å². The summed E-state index contributed by atoms with van der Waals surface area (Å²) in [6.45, 7) is 3.86. The molecule has 0 fully saturated rings. The topological polar surface area (TPSA) is 46.1 Å². The fourth-order valence-corrected chi connectivity index (χ4v) is 2.85. The average Bonchev–Trinajstić information content (AvgIpc) is 2.30. The van der Waals surface area contributed by atoms with Gasteiger partial charge in [0.25, 0.3) is 0 Å². The molecule has 0 amide bonds. The first kappa shape index (κ1) is 8.62. The first-order valence-corrected chi connectivity index (χ1v) is 5.12. The van der Waals surface area contributed by atoms with Crippen molar-refractivity contribution in [3.8, 4) is 0 Å². The van der Waals surface area contributed by atoms with Crippen molar-refractivity contribution in [2.75, 3.05) is 11.4 Å².